The van der Waals surface area contributed by atoms with Crippen LogP contribution in [-0.4, -0.2) is 40.1 Å². The van der Waals surface area contributed by atoms with Crippen molar-refractivity contribution < 1.29 is 9.47 Å². The molecule has 4 aromatic rings. The summed E-state index contributed by atoms with van der Waals surface area (Å²) in [6.45, 7) is 4.47. The summed E-state index contributed by atoms with van der Waals surface area (Å²) >= 11 is 1.57. The maximum Gasteiger partial charge on any atom is 0.227 e. The average Bonchev–Trinajstić information content (AvgIpc) is 3.13. The van der Waals surface area contributed by atoms with Crippen LogP contribution in [0.1, 0.15) is 17.1 Å². The summed E-state index contributed by atoms with van der Waals surface area (Å²) in [6, 6.07) is 14.1. The topological polar surface area (TPSA) is 85.6 Å². The molecule has 0 saturated heterocycles. The third kappa shape index (κ3) is 4.29. The Morgan fingerprint density at radius 1 is 0.969 bits per heavy atom. The molecule has 0 atom stereocenters. The van der Waals surface area contributed by atoms with Crippen molar-refractivity contribution in [1.29, 1.82) is 0 Å². The molecule has 0 spiro atoms. The predicted octanol–water partition coefficient (Wildman–Crippen LogP) is 4.73. The Hall–Kier alpha value is -3.46. The maximum absolute atomic E-state index is 5.48. The fourth-order valence-electron chi connectivity index (χ4n) is 3.58. The molecule has 166 valence electrons. The minimum atomic E-state index is 0.621. The number of rotatable bonds is 8. The van der Waals surface area contributed by atoms with Gasteiger partial charge in [0.05, 0.1) is 19.9 Å². The monoisotopic (exact) mass is 450 g/mol. The third-order valence-electron chi connectivity index (χ3n) is 5.07. The highest BCUT2D eigenvalue weighted by Crippen LogP contribution is 2.35. The summed E-state index contributed by atoms with van der Waals surface area (Å²) in [5.74, 6) is 2.65. The number of fused-ring (bicyclic) bond motifs is 1. The maximum atomic E-state index is 5.48. The SMILES string of the molecule is COc1ccc(-c2c(C)nn3c(NCc4ccc(NSC)cc4)nc(C)nc23)cc1OC. The lowest BCUT2D eigenvalue weighted by Crippen LogP contribution is -2.10. The molecule has 0 aliphatic heterocycles. The van der Waals surface area contributed by atoms with Crippen LogP contribution in [0.2, 0.25) is 0 Å². The Morgan fingerprint density at radius 2 is 1.72 bits per heavy atom. The van der Waals surface area contributed by atoms with Gasteiger partial charge in [-0.2, -0.15) is 14.6 Å². The van der Waals surface area contributed by atoms with Crippen molar-refractivity contribution in [2.75, 3.05) is 30.5 Å². The molecule has 0 unspecified atom stereocenters. The molecule has 2 N–H and O–H groups in total. The Balaban J connectivity index is 1.69. The summed E-state index contributed by atoms with van der Waals surface area (Å²) in [6.07, 6.45) is 2.00. The molecule has 0 aliphatic carbocycles. The normalized spacial score (nSPS) is 10.9. The third-order valence-corrected chi connectivity index (χ3v) is 5.51. The van der Waals surface area contributed by atoms with Crippen molar-refractivity contribution in [3.63, 3.8) is 0 Å². The number of nitrogens with one attached hydrogen (secondary N) is 2. The summed E-state index contributed by atoms with van der Waals surface area (Å²) < 4.78 is 15.8. The number of hydrogen-bond acceptors (Lipinski definition) is 8. The number of anilines is 2. The van der Waals surface area contributed by atoms with E-state index in [0.717, 1.165) is 33.7 Å². The van der Waals surface area contributed by atoms with Crippen LogP contribution in [0.4, 0.5) is 11.6 Å². The Kier molecular flexibility index (Phi) is 6.36. The molecule has 4 rings (SSSR count). The van der Waals surface area contributed by atoms with E-state index >= 15 is 0 Å². The summed E-state index contributed by atoms with van der Waals surface area (Å²) in [4.78, 5) is 9.28. The molecular formula is C23H26N6O2S. The second kappa shape index (κ2) is 9.35. The minimum Gasteiger partial charge on any atom is -0.493 e. The van der Waals surface area contributed by atoms with Crippen LogP contribution in [-0.2, 0) is 6.54 Å². The van der Waals surface area contributed by atoms with Gasteiger partial charge >= 0.3 is 0 Å². The van der Waals surface area contributed by atoms with Gasteiger partial charge in [0.25, 0.3) is 0 Å². The molecule has 0 radical (unpaired) electrons. The second-order valence-corrected chi connectivity index (χ2v) is 7.83. The molecule has 2 aromatic carbocycles. The van der Waals surface area contributed by atoms with Crippen molar-refractivity contribution in [2.24, 2.45) is 0 Å². The van der Waals surface area contributed by atoms with Gasteiger partial charge in [-0.1, -0.05) is 30.1 Å². The smallest absolute Gasteiger partial charge is 0.227 e. The first-order valence-electron chi connectivity index (χ1n) is 10.1. The van der Waals surface area contributed by atoms with Crippen molar-refractivity contribution in [3.8, 4) is 22.6 Å². The van der Waals surface area contributed by atoms with Crippen LogP contribution in [0.25, 0.3) is 16.8 Å². The van der Waals surface area contributed by atoms with E-state index in [1.807, 2.05) is 38.3 Å². The Labute approximate surface area is 191 Å². The molecule has 0 saturated carbocycles. The van der Waals surface area contributed by atoms with Gasteiger partial charge < -0.3 is 19.5 Å². The number of aryl methyl sites for hydroxylation is 2. The van der Waals surface area contributed by atoms with Gasteiger partial charge in [0.1, 0.15) is 5.82 Å². The average molecular weight is 451 g/mol. The van der Waals surface area contributed by atoms with E-state index < -0.39 is 0 Å². The standard InChI is InChI=1S/C23H26N6O2S/c1-14-21(17-8-11-19(30-3)20(12-17)31-4)22-25-15(2)26-23(29(22)27-14)24-13-16-6-9-18(10-7-16)28-32-5/h6-12,28H,13H2,1-5H3,(H,24,25,26). The van der Waals surface area contributed by atoms with Crippen LogP contribution in [0, 0.1) is 13.8 Å². The summed E-state index contributed by atoms with van der Waals surface area (Å²) in [5, 5.41) is 8.13. The zero-order chi connectivity index (χ0) is 22.7. The van der Waals surface area contributed by atoms with Crippen LogP contribution in [0.5, 0.6) is 11.5 Å². The highest BCUT2D eigenvalue weighted by molar-refractivity contribution is 7.99. The van der Waals surface area contributed by atoms with Crippen molar-refractivity contribution >= 4 is 29.2 Å². The lowest BCUT2D eigenvalue weighted by molar-refractivity contribution is 0.355. The highest BCUT2D eigenvalue weighted by atomic mass is 32.2. The van der Waals surface area contributed by atoms with Gasteiger partial charge in [0, 0.05) is 24.1 Å². The molecule has 32 heavy (non-hydrogen) atoms. The molecule has 0 bridgehead atoms. The minimum absolute atomic E-state index is 0.621. The largest absolute Gasteiger partial charge is 0.493 e. The molecule has 0 aliphatic rings. The van der Waals surface area contributed by atoms with Crippen molar-refractivity contribution in [2.45, 2.75) is 20.4 Å². The van der Waals surface area contributed by atoms with E-state index in [9.17, 15) is 0 Å². The fraction of sp³-hybridized carbons (Fsp3) is 0.261. The Morgan fingerprint density at radius 3 is 2.41 bits per heavy atom. The molecule has 8 nitrogen and oxygen atoms in total. The first-order valence-corrected chi connectivity index (χ1v) is 11.3. The van der Waals surface area contributed by atoms with Gasteiger partial charge in [-0.25, -0.2) is 4.98 Å². The lowest BCUT2D eigenvalue weighted by Gasteiger charge is -2.11. The predicted molar refractivity (Wildman–Crippen MR) is 130 cm³/mol. The molecule has 2 heterocycles. The van der Waals surface area contributed by atoms with E-state index in [-0.39, 0.29) is 0 Å². The number of benzene rings is 2. The van der Waals surface area contributed by atoms with Gasteiger partial charge in [0.2, 0.25) is 5.95 Å². The van der Waals surface area contributed by atoms with E-state index in [1.54, 1.807) is 30.7 Å². The van der Waals surface area contributed by atoms with Crippen molar-refractivity contribution in [1.82, 2.24) is 19.6 Å². The quantitative estimate of drug-likeness (QED) is 0.373. The fourth-order valence-corrected chi connectivity index (χ4v) is 3.95. The lowest BCUT2D eigenvalue weighted by atomic mass is 10.1. The number of hydrogen-bond donors (Lipinski definition) is 2. The molecule has 0 amide bonds. The Bertz CT molecular complexity index is 1240. The van der Waals surface area contributed by atoms with Crippen molar-refractivity contribution in [3.05, 3.63) is 59.5 Å². The second-order valence-electron chi connectivity index (χ2n) is 7.22. The molecule has 9 heteroatoms. The molecular weight excluding hydrogens is 424 g/mol. The van der Waals surface area contributed by atoms with Gasteiger partial charge in [0.15, 0.2) is 17.1 Å². The van der Waals surface area contributed by atoms with Crippen LogP contribution in [0.3, 0.4) is 0 Å². The number of methoxy groups -OCH3 is 2. The highest BCUT2D eigenvalue weighted by Gasteiger charge is 2.18. The zero-order valence-corrected chi connectivity index (χ0v) is 19.6. The van der Waals surface area contributed by atoms with Gasteiger partial charge in [-0.3, -0.25) is 0 Å². The van der Waals surface area contributed by atoms with Crippen LogP contribution in [0.15, 0.2) is 42.5 Å². The van der Waals surface area contributed by atoms with E-state index in [2.05, 4.69) is 44.3 Å². The number of ether oxygens (including phenoxy) is 2. The van der Waals surface area contributed by atoms with Crippen LogP contribution < -0.4 is 19.5 Å². The van der Waals surface area contributed by atoms with E-state index in [0.29, 0.717) is 29.8 Å². The van der Waals surface area contributed by atoms with Gasteiger partial charge in [-0.15, -0.1) is 0 Å². The first-order chi connectivity index (χ1) is 15.5. The van der Waals surface area contributed by atoms with E-state index in [1.165, 1.54) is 0 Å². The molecule has 0 fully saturated rings. The number of nitrogens with zero attached hydrogens (tertiary/aromatic N) is 4. The summed E-state index contributed by atoms with van der Waals surface area (Å²) in [5.41, 5.74) is 5.70. The first kappa shape index (κ1) is 21.8. The van der Waals surface area contributed by atoms with Gasteiger partial charge in [-0.05, 0) is 49.2 Å². The molecule has 2 aromatic heterocycles. The van der Waals surface area contributed by atoms with E-state index in [4.69, 9.17) is 14.6 Å². The summed E-state index contributed by atoms with van der Waals surface area (Å²) in [7, 11) is 3.25. The van der Waals surface area contributed by atoms with Crippen LogP contribution >= 0.6 is 11.9 Å². The zero-order valence-electron chi connectivity index (χ0n) is 18.8. The number of aromatic nitrogens is 4.